The fraction of sp³-hybridized carbons (Fsp3) is 0.417. The zero-order valence-electron chi connectivity index (χ0n) is 10.5. The number of anilines is 1. The van der Waals surface area contributed by atoms with Crippen molar-refractivity contribution in [1.29, 1.82) is 0 Å². The molecule has 0 saturated carbocycles. The van der Waals surface area contributed by atoms with Crippen LogP contribution in [-0.4, -0.2) is 38.4 Å². The number of aliphatic hydroxyl groups is 1. The second-order valence-corrected chi connectivity index (χ2v) is 6.31. The second-order valence-electron chi connectivity index (χ2n) is 4.30. The Labute approximate surface area is 112 Å². The normalized spacial score (nSPS) is 19.4. The SMILES string of the molecule is NC(=NCO)c1ccccc1N1CCCCS1(=O)=O. The first-order valence-corrected chi connectivity index (χ1v) is 7.68. The standard InChI is InChI=1S/C12H17N3O3S/c13-12(14-9-16)10-5-1-2-6-11(10)15-7-3-4-8-19(15,17)18/h1-2,5-6,16H,3-4,7-9H2,(H2,13,14). The van der Waals surface area contributed by atoms with E-state index in [9.17, 15) is 8.42 Å². The minimum absolute atomic E-state index is 0.138. The molecular weight excluding hydrogens is 266 g/mol. The van der Waals surface area contributed by atoms with Crippen LogP contribution in [0.4, 0.5) is 5.69 Å². The van der Waals surface area contributed by atoms with E-state index < -0.39 is 16.8 Å². The number of aliphatic imine (C=N–C) groups is 1. The van der Waals surface area contributed by atoms with Crippen molar-refractivity contribution in [2.45, 2.75) is 12.8 Å². The number of rotatable bonds is 3. The number of nitrogens with zero attached hydrogens (tertiary/aromatic N) is 2. The minimum Gasteiger partial charge on any atom is -0.383 e. The van der Waals surface area contributed by atoms with Gasteiger partial charge >= 0.3 is 0 Å². The molecule has 1 aromatic carbocycles. The molecule has 0 bridgehead atoms. The minimum atomic E-state index is -3.29. The Kier molecular flexibility index (Phi) is 4.06. The molecular formula is C12H17N3O3S. The van der Waals surface area contributed by atoms with Gasteiger partial charge in [-0.05, 0) is 25.0 Å². The maximum atomic E-state index is 12.1. The summed E-state index contributed by atoms with van der Waals surface area (Å²) in [6.45, 7) is 0.0265. The molecule has 3 N–H and O–H groups in total. The number of hydrogen-bond acceptors (Lipinski definition) is 4. The molecule has 1 aliphatic rings. The summed E-state index contributed by atoms with van der Waals surface area (Å²) in [5.41, 5.74) is 6.82. The van der Waals surface area contributed by atoms with Gasteiger partial charge in [0.15, 0.2) is 0 Å². The van der Waals surface area contributed by atoms with Crippen molar-refractivity contribution in [2.75, 3.05) is 23.3 Å². The molecule has 0 atom stereocenters. The zero-order chi connectivity index (χ0) is 13.9. The Morgan fingerprint density at radius 2 is 2.11 bits per heavy atom. The fourth-order valence-electron chi connectivity index (χ4n) is 2.13. The first kappa shape index (κ1) is 13.8. The third-order valence-corrected chi connectivity index (χ3v) is 4.89. The monoisotopic (exact) mass is 283 g/mol. The molecule has 1 aliphatic heterocycles. The Morgan fingerprint density at radius 1 is 1.37 bits per heavy atom. The molecule has 0 unspecified atom stereocenters. The average molecular weight is 283 g/mol. The van der Waals surface area contributed by atoms with E-state index in [0.717, 1.165) is 6.42 Å². The van der Waals surface area contributed by atoms with Gasteiger partial charge < -0.3 is 10.8 Å². The van der Waals surface area contributed by atoms with Crippen LogP contribution in [0.1, 0.15) is 18.4 Å². The summed E-state index contributed by atoms with van der Waals surface area (Å²) >= 11 is 0. The smallest absolute Gasteiger partial charge is 0.235 e. The van der Waals surface area contributed by atoms with Crippen LogP contribution >= 0.6 is 0 Å². The molecule has 1 aromatic rings. The lowest BCUT2D eigenvalue weighted by molar-refractivity contribution is 0.309. The predicted octanol–water partition coefficient (Wildman–Crippen LogP) is 0.272. The molecule has 19 heavy (non-hydrogen) atoms. The molecule has 1 saturated heterocycles. The van der Waals surface area contributed by atoms with Gasteiger partial charge in [-0.2, -0.15) is 0 Å². The number of nitrogens with two attached hydrogens (primary N) is 1. The van der Waals surface area contributed by atoms with Gasteiger partial charge in [-0.15, -0.1) is 0 Å². The molecule has 7 heteroatoms. The molecule has 0 aromatic heterocycles. The fourth-order valence-corrected chi connectivity index (χ4v) is 3.78. The van der Waals surface area contributed by atoms with Gasteiger partial charge in [0.1, 0.15) is 12.6 Å². The van der Waals surface area contributed by atoms with E-state index in [2.05, 4.69) is 4.99 Å². The van der Waals surface area contributed by atoms with E-state index in [-0.39, 0.29) is 11.6 Å². The van der Waals surface area contributed by atoms with Crippen molar-refractivity contribution in [2.24, 2.45) is 10.7 Å². The number of hydrogen-bond donors (Lipinski definition) is 2. The van der Waals surface area contributed by atoms with Crippen molar-refractivity contribution in [3.05, 3.63) is 29.8 Å². The van der Waals surface area contributed by atoms with E-state index >= 15 is 0 Å². The summed E-state index contributed by atoms with van der Waals surface area (Å²) in [4.78, 5) is 3.73. The Balaban J connectivity index is 2.48. The maximum absolute atomic E-state index is 12.1. The van der Waals surface area contributed by atoms with Crippen LogP contribution in [0, 0.1) is 0 Å². The van der Waals surface area contributed by atoms with Gasteiger partial charge in [0.25, 0.3) is 0 Å². The highest BCUT2D eigenvalue weighted by Crippen LogP contribution is 2.26. The van der Waals surface area contributed by atoms with Crippen LogP contribution in [0.2, 0.25) is 0 Å². The molecule has 6 nitrogen and oxygen atoms in total. The summed E-state index contributed by atoms with van der Waals surface area (Å²) in [6, 6.07) is 6.93. The number of sulfonamides is 1. The Hall–Kier alpha value is -1.60. The predicted molar refractivity (Wildman–Crippen MR) is 74.6 cm³/mol. The Bertz CT molecular complexity index is 584. The van der Waals surface area contributed by atoms with E-state index in [1.165, 1.54) is 4.31 Å². The lowest BCUT2D eigenvalue weighted by Gasteiger charge is -2.29. The summed E-state index contributed by atoms with van der Waals surface area (Å²) in [6.07, 6.45) is 1.51. The van der Waals surface area contributed by atoms with E-state index in [4.69, 9.17) is 10.8 Å². The lowest BCUT2D eigenvalue weighted by atomic mass is 10.1. The molecule has 1 fully saturated rings. The summed E-state index contributed by atoms with van der Waals surface area (Å²) in [7, 11) is -3.29. The molecule has 0 amide bonds. The highest BCUT2D eigenvalue weighted by molar-refractivity contribution is 7.92. The average Bonchev–Trinajstić information content (AvgIpc) is 2.38. The van der Waals surface area contributed by atoms with Gasteiger partial charge in [0.2, 0.25) is 10.0 Å². The number of para-hydroxylation sites is 1. The van der Waals surface area contributed by atoms with Crippen LogP contribution in [0.15, 0.2) is 29.3 Å². The van der Waals surface area contributed by atoms with Crippen LogP contribution in [-0.2, 0) is 10.0 Å². The van der Waals surface area contributed by atoms with Gasteiger partial charge in [0, 0.05) is 12.1 Å². The van der Waals surface area contributed by atoms with Crippen molar-refractivity contribution in [1.82, 2.24) is 0 Å². The van der Waals surface area contributed by atoms with Crippen LogP contribution in [0.3, 0.4) is 0 Å². The van der Waals surface area contributed by atoms with E-state index in [0.29, 0.717) is 24.2 Å². The zero-order valence-corrected chi connectivity index (χ0v) is 11.3. The lowest BCUT2D eigenvalue weighted by Crippen LogP contribution is -2.39. The van der Waals surface area contributed by atoms with Crippen molar-refractivity contribution in [3.63, 3.8) is 0 Å². The summed E-state index contributed by atoms with van der Waals surface area (Å²) in [5, 5.41) is 8.80. The van der Waals surface area contributed by atoms with Gasteiger partial charge in [-0.3, -0.25) is 4.31 Å². The van der Waals surface area contributed by atoms with Crippen LogP contribution in [0.25, 0.3) is 0 Å². The molecule has 0 aliphatic carbocycles. The van der Waals surface area contributed by atoms with Crippen molar-refractivity contribution in [3.8, 4) is 0 Å². The van der Waals surface area contributed by atoms with Crippen LogP contribution < -0.4 is 10.0 Å². The topological polar surface area (TPSA) is 96.0 Å². The van der Waals surface area contributed by atoms with Gasteiger partial charge in [0.05, 0.1) is 11.4 Å². The molecule has 2 rings (SSSR count). The molecule has 1 heterocycles. The maximum Gasteiger partial charge on any atom is 0.235 e. The van der Waals surface area contributed by atoms with Gasteiger partial charge in [-0.1, -0.05) is 12.1 Å². The highest BCUT2D eigenvalue weighted by atomic mass is 32.2. The molecule has 0 spiro atoms. The molecule has 0 radical (unpaired) electrons. The van der Waals surface area contributed by atoms with Crippen LogP contribution in [0.5, 0.6) is 0 Å². The number of aliphatic hydroxyl groups excluding tert-OH is 1. The van der Waals surface area contributed by atoms with Crippen molar-refractivity contribution < 1.29 is 13.5 Å². The summed E-state index contributed by atoms with van der Waals surface area (Å²) in [5.74, 6) is 0.289. The largest absolute Gasteiger partial charge is 0.383 e. The number of benzene rings is 1. The highest BCUT2D eigenvalue weighted by Gasteiger charge is 2.28. The van der Waals surface area contributed by atoms with E-state index in [1.807, 2.05) is 0 Å². The second kappa shape index (κ2) is 5.58. The van der Waals surface area contributed by atoms with E-state index in [1.54, 1.807) is 24.3 Å². The third kappa shape index (κ3) is 2.87. The van der Waals surface area contributed by atoms with Crippen molar-refractivity contribution >= 4 is 21.5 Å². The molecule has 104 valence electrons. The quantitative estimate of drug-likeness (QED) is 0.615. The first-order valence-electron chi connectivity index (χ1n) is 6.07. The number of amidine groups is 1. The Morgan fingerprint density at radius 3 is 2.79 bits per heavy atom. The summed E-state index contributed by atoms with van der Waals surface area (Å²) < 4.78 is 25.6. The third-order valence-electron chi connectivity index (χ3n) is 3.04. The first-order chi connectivity index (χ1) is 9.06. The van der Waals surface area contributed by atoms with Gasteiger partial charge in [-0.25, -0.2) is 13.4 Å².